The van der Waals surface area contributed by atoms with Crippen LogP contribution in [0.5, 0.6) is 0 Å². The molecule has 5 nitrogen and oxygen atoms in total. The highest BCUT2D eigenvalue weighted by atomic mass is 35.5. The zero-order valence-corrected chi connectivity index (χ0v) is 10.8. The Bertz CT molecular complexity index is 553. The maximum Gasteiger partial charge on any atom is 0.248 e. The number of pyridine rings is 1. The van der Waals surface area contributed by atoms with Crippen LogP contribution >= 0.6 is 11.6 Å². The summed E-state index contributed by atoms with van der Waals surface area (Å²) in [7, 11) is 0. The molecule has 0 aliphatic heterocycles. The lowest BCUT2D eigenvalue weighted by Crippen LogP contribution is -2.24. The lowest BCUT2D eigenvalue weighted by molar-refractivity contribution is -0.119. The number of hydrogen-bond donors (Lipinski definition) is 1. The standard InChI is InChI=1S/C12H13ClN4O/c1-8-6-10(7-14-11(8)13)16-12(18)9(2)17-5-3-4-15-17/h3-7,9H,1-2H3,(H,16,18). The van der Waals surface area contributed by atoms with Gasteiger partial charge in [0.05, 0.1) is 11.9 Å². The Labute approximate surface area is 110 Å². The third-order valence-electron chi connectivity index (χ3n) is 2.58. The normalized spacial score (nSPS) is 12.2. The molecule has 6 heteroatoms. The van der Waals surface area contributed by atoms with E-state index in [0.29, 0.717) is 10.8 Å². The highest BCUT2D eigenvalue weighted by Crippen LogP contribution is 2.17. The second kappa shape index (κ2) is 5.18. The fraction of sp³-hybridized carbons (Fsp3) is 0.250. The quantitative estimate of drug-likeness (QED) is 0.866. The number of aromatic nitrogens is 3. The van der Waals surface area contributed by atoms with Crippen LogP contribution in [-0.4, -0.2) is 20.7 Å². The van der Waals surface area contributed by atoms with E-state index in [1.165, 1.54) is 6.20 Å². The van der Waals surface area contributed by atoms with Crippen molar-refractivity contribution in [1.29, 1.82) is 0 Å². The van der Waals surface area contributed by atoms with Crippen LogP contribution in [0.1, 0.15) is 18.5 Å². The summed E-state index contributed by atoms with van der Waals surface area (Å²) < 4.78 is 1.59. The summed E-state index contributed by atoms with van der Waals surface area (Å²) in [4.78, 5) is 16.0. The summed E-state index contributed by atoms with van der Waals surface area (Å²) >= 11 is 5.82. The number of hydrogen-bond acceptors (Lipinski definition) is 3. The van der Waals surface area contributed by atoms with Crippen LogP contribution in [0.25, 0.3) is 0 Å². The maximum atomic E-state index is 12.0. The molecule has 2 heterocycles. The SMILES string of the molecule is Cc1cc(NC(=O)C(C)n2cccn2)cnc1Cl. The Hall–Kier alpha value is -1.88. The van der Waals surface area contributed by atoms with Gasteiger partial charge in [-0.15, -0.1) is 0 Å². The molecule has 0 bridgehead atoms. The van der Waals surface area contributed by atoms with Gasteiger partial charge in [-0.1, -0.05) is 11.6 Å². The number of rotatable bonds is 3. The topological polar surface area (TPSA) is 59.8 Å². The molecule has 1 amide bonds. The molecule has 18 heavy (non-hydrogen) atoms. The zero-order chi connectivity index (χ0) is 13.1. The molecule has 0 radical (unpaired) electrons. The van der Waals surface area contributed by atoms with Crippen molar-refractivity contribution < 1.29 is 4.79 Å². The van der Waals surface area contributed by atoms with Crippen molar-refractivity contribution in [2.75, 3.05) is 5.32 Å². The fourth-order valence-electron chi connectivity index (χ4n) is 1.50. The molecular weight excluding hydrogens is 252 g/mol. The minimum Gasteiger partial charge on any atom is -0.323 e. The molecule has 0 aliphatic rings. The molecule has 2 rings (SSSR count). The smallest absolute Gasteiger partial charge is 0.248 e. The molecule has 2 aromatic rings. The number of nitrogens with zero attached hydrogens (tertiary/aromatic N) is 3. The lowest BCUT2D eigenvalue weighted by Gasteiger charge is -2.12. The van der Waals surface area contributed by atoms with Gasteiger partial charge in [0.25, 0.3) is 0 Å². The van der Waals surface area contributed by atoms with Crippen LogP contribution in [0.4, 0.5) is 5.69 Å². The van der Waals surface area contributed by atoms with Gasteiger partial charge < -0.3 is 5.32 Å². The molecule has 94 valence electrons. The first-order chi connectivity index (χ1) is 8.58. The third kappa shape index (κ3) is 2.68. The summed E-state index contributed by atoms with van der Waals surface area (Å²) in [6.45, 7) is 3.61. The van der Waals surface area contributed by atoms with Crippen LogP contribution in [0.15, 0.2) is 30.7 Å². The highest BCUT2D eigenvalue weighted by Gasteiger charge is 2.15. The number of amides is 1. The van der Waals surface area contributed by atoms with E-state index < -0.39 is 0 Å². The van der Waals surface area contributed by atoms with Gasteiger partial charge in [0.1, 0.15) is 11.2 Å². The van der Waals surface area contributed by atoms with E-state index in [4.69, 9.17) is 11.6 Å². The molecule has 1 unspecified atom stereocenters. The van der Waals surface area contributed by atoms with Crippen LogP contribution in [0.3, 0.4) is 0 Å². The summed E-state index contributed by atoms with van der Waals surface area (Å²) in [5.74, 6) is -0.151. The number of carbonyl (C=O) groups excluding carboxylic acids is 1. The monoisotopic (exact) mass is 264 g/mol. The van der Waals surface area contributed by atoms with Crippen LogP contribution in [-0.2, 0) is 4.79 Å². The molecule has 0 saturated carbocycles. The van der Waals surface area contributed by atoms with Crippen molar-refractivity contribution in [1.82, 2.24) is 14.8 Å². The molecule has 0 aromatic carbocycles. The maximum absolute atomic E-state index is 12.0. The van der Waals surface area contributed by atoms with E-state index in [1.54, 1.807) is 36.1 Å². The van der Waals surface area contributed by atoms with Crippen molar-refractivity contribution in [2.24, 2.45) is 0 Å². The van der Waals surface area contributed by atoms with Gasteiger partial charge >= 0.3 is 0 Å². The minimum absolute atomic E-state index is 0.151. The van der Waals surface area contributed by atoms with Crippen LogP contribution in [0, 0.1) is 6.92 Å². The van der Waals surface area contributed by atoms with Crippen molar-refractivity contribution in [3.63, 3.8) is 0 Å². The summed E-state index contributed by atoms with van der Waals surface area (Å²) in [6.07, 6.45) is 4.91. The van der Waals surface area contributed by atoms with E-state index in [1.807, 2.05) is 6.92 Å². The molecule has 0 fully saturated rings. The second-order valence-corrected chi connectivity index (χ2v) is 4.34. The molecule has 1 atom stereocenters. The van der Waals surface area contributed by atoms with E-state index >= 15 is 0 Å². The number of anilines is 1. The minimum atomic E-state index is -0.379. The van der Waals surface area contributed by atoms with Gasteiger partial charge in [-0.05, 0) is 31.5 Å². The third-order valence-corrected chi connectivity index (χ3v) is 2.98. The van der Waals surface area contributed by atoms with E-state index in [2.05, 4.69) is 15.4 Å². The molecule has 0 saturated heterocycles. The summed E-state index contributed by atoms with van der Waals surface area (Å²) in [5.41, 5.74) is 1.45. The van der Waals surface area contributed by atoms with Gasteiger partial charge in [0, 0.05) is 12.4 Å². The number of nitrogens with one attached hydrogen (secondary N) is 1. The molecule has 0 aliphatic carbocycles. The van der Waals surface area contributed by atoms with Crippen LogP contribution in [0.2, 0.25) is 5.15 Å². The fourth-order valence-corrected chi connectivity index (χ4v) is 1.61. The summed E-state index contributed by atoms with van der Waals surface area (Å²) in [5, 5.41) is 7.24. The largest absolute Gasteiger partial charge is 0.323 e. The van der Waals surface area contributed by atoms with Gasteiger partial charge in [0.15, 0.2) is 0 Å². The highest BCUT2D eigenvalue weighted by molar-refractivity contribution is 6.30. The number of aryl methyl sites for hydroxylation is 1. The first kappa shape index (κ1) is 12.6. The predicted octanol–water partition coefficient (Wildman–Crippen LogP) is 2.44. The van der Waals surface area contributed by atoms with E-state index in [9.17, 15) is 4.79 Å². The Balaban J connectivity index is 2.09. The first-order valence-corrected chi connectivity index (χ1v) is 5.88. The van der Waals surface area contributed by atoms with E-state index in [-0.39, 0.29) is 11.9 Å². The molecular formula is C12H13ClN4O. The summed E-state index contributed by atoms with van der Waals surface area (Å²) in [6, 6.07) is 3.18. The second-order valence-electron chi connectivity index (χ2n) is 3.98. The average Bonchev–Trinajstić information content (AvgIpc) is 2.86. The number of carbonyl (C=O) groups is 1. The van der Waals surface area contributed by atoms with Gasteiger partial charge in [0.2, 0.25) is 5.91 Å². The molecule has 2 aromatic heterocycles. The van der Waals surface area contributed by atoms with Crippen molar-refractivity contribution in [2.45, 2.75) is 19.9 Å². The van der Waals surface area contributed by atoms with Crippen LogP contribution < -0.4 is 5.32 Å². The van der Waals surface area contributed by atoms with Crippen molar-refractivity contribution in [3.05, 3.63) is 41.4 Å². The first-order valence-electron chi connectivity index (χ1n) is 5.50. The Kier molecular flexibility index (Phi) is 3.62. The van der Waals surface area contributed by atoms with Gasteiger partial charge in [-0.3, -0.25) is 9.48 Å². The Morgan fingerprint density at radius 1 is 1.56 bits per heavy atom. The zero-order valence-electron chi connectivity index (χ0n) is 10.1. The molecule has 0 spiro atoms. The predicted molar refractivity (Wildman–Crippen MR) is 69.6 cm³/mol. The van der Waals surface area contributed by atoms with Gasteiger partial charge in [-0.25, -0.2) is 4.98 Å². The van der Waals surface area contributed by atoms with Crippen molar-refractivity contribution in [3.8, 4) is 0 Å². The number of halogens is 1. The van der Waals surface area contributed by atoms with E-state index in [0.717, 1.165) is 5.56 Å². The lowest BCUT2D eigenvalue weighted by atomic mass is 10.2. The van der Waals surface area contributed by atoms with Crippen molar-refractivity contribution >= 4 is 23.2 Å². The Morgan fingerprint density at radius 3 is 2.94 bits per heavy atom. The van der Waals surface area contributed by atoms with Gasteiger partial charge in [-0.2, -0.15) is 5.10 Å². The molecule has 1 N–H and O–H groups in total. The Morgan fingerprint density at radius 2 is 2.33 bits per heavy atom. The average molecular weight is 265 g/mol.